The van der Waals surface area contributed by atoms with Crippen LogP contribution in [0.4, 0.5) is 0 Å². The van der Waals surface area contributed by atoms with Crippen molar-refractivity contribution in [3.8, 4) is 0 Å². The summed E-state index contributed by atoms with van der Waals surface area (Å²) < 4.78 is 0. The largest absolute Gasteiger partial charge is 0.384 e. The lowest BCUT2D eigenvalue weighted by atomic mass is 9.98. The zero-order chi connectivity index (χ0) is 9.76. The highest BCUT2D eigenvalue weighted by atomic mass is 16.3. The summed E-state index contributed by atoms with van der Waals surface area (Å²) in [7, 11) is 0. The Hall–Kier alpha value is -0.890. The van der Waals surface area contributed by atoms with Crippen molar-refractivity contribution in [3.05, 3.63) is 29.6 Å². The molecule has 1 aromatic heterocycles. The van der Waals surface area contributed by atoms with E-state index < -0.39 is 5.60 Å². The lowest BCUT2D eigenvalue weighted by Gasteiger charge is -2.16. The second kappa shape index (κ2) is 2.57. The number of aryl methyl sites for hydroxylation is 1. The minimum atomic E-state index is -0.517. The molecule has 14 heavy (non-hydrogen) atoms. The van der Waals surface area contributed by atoms with Crippen LogP contribution in [0.5, 0.6) is 0 Å². The molecule has 3 rings (SSSR count). The molecule has 1 N–H and O–H groups in total. The van der Waals surface area contributed by atoms with Gasteiger partial charge in [-0.3, -0.25) is 4.98 Å². The van der Waals surface area contributed by atoms with Gasteiger partial charge in [0.05, 0.1) is 5.60 Å². The molecular weight excluding hydrogens is 174 g/mol. The molecule has 0 saturated heterocycles. The van der Waals surface area contributed by atoms with E-state index in [1.807, 2.05) is 19.1 Å². The van der Waals surface area contributed by atoms with Crippen molar-refractivity contribution in [1.29, 1.82) is 0 Å². The van der Waals surface area contributed by atoms with Gasteiger partial charge in [-0.15, -0.1) is 0 Å². The van der Waals surface area contributed by atoms with Gasteiger partial charge in [0.25, 0.3) is 0 Å². The summed E-state index contributed by atoms with van der Waals surface area (Å²) in [5, 5.41) is 10.5. The van der Waals surface area contributed by atoms with Gasteiger partial charge < -0.3 is 5.11 Å². The van der Waals surface area contributed by atoms with Gasteiger partial charge in [0.15, 0.2) is 0 Å². The normalized spacial score (nSPS) is 39.6. The van der Waals surface area contributed by atoms with Crippen LogP contribution in [0.2, 0.25) is 0 Å². The van der Waals surface area contributed by atoms with E-state index in [4.69, 9.17) is 0 Å². The Morgan fingerprint density at radius 2 is 2.14 bits per heavy atom. The fraction of sp³-hybridized carbons (Fsp3) is 0.583. The second-order valence-corrected chi connectivity index (χ2v) is 4.61. The maximum Gasteiger partial charge on any atom is 0.0977 e. The Labute approximate surface area is 84.0 Å². The summed E-state index contributed by atoms with van der Waals surface area (Å²) in [5.74, 6) is 1.04. The van der Waals surface area contributed by atoms with Crippen molar-refractivity contribution in [2.24, 2.45) is 11.8 Å². The minimum absolute atomic E-state index is 0.517. The monoisotopic (exact) mass is 189 g/mol. The van der Waals surface area contributed by atoms with Crippen molar-refractivity contribution in [2.75, 3.05) is 0 Å². The predicted octanol–water partition coefficient (Wildman–Crippen LogP) is 2.01. The Morgan fingerprint density at radius 1 is 1.43 bits per heavy atom. The molecule has 74 valence electrons. The first-order valence-corrected chi connectivity index (χ1v) is 5.39. The number of hydrogen-bond acceptors (Lipinski definition) is 2. The molecule has 2 nitrogen and oxygen atoms in total. The van der Waals surface area contributed by atoms with Crippen LogP contribution in [0.15, 0.2) is 18.3 Å². The predicted molar refractivity (Wildman–Crippen MR) is 53.7 cm³/mol. The molecule has 2 unspecified atom stereocenters. The van der Waals surface area contributed by atoms with Gasteiger partial charge in [-0.05, 0) is 37.7 Å². The van der Waals surface area contributed by atoms with Crippen LogP contribution in [0, 0.1) is 18.8 Å². The molecule has 0 amide bonds. The van der Waals surface area contributed by atoms with E-state index in [-0.39, 0.29) is 0 Å². The molecule has 0 aromatic carbocycles. The molecule has 2 aliphatic carbocycles. The number of fused-ring (bicyclic) bond motifs is 1. The third-order valence-electron chi connectivity index (χ3n) is 3.98. The van der Waals surface area contributed by atoms with Crippen molar-refractivity contribution >= 4 is 0 Å². The fourth-order valence-electron chi connectivity index (χ4n) is 3.23. The summed E-state index contributed by atoms with van der Waals surface area (Å²) in [6.07, 6.45) is 5.46. The number of nitrogens with zero attached hydrogens (tertiary/aromatic N) is 1. The summed E-state index contributed by atoms with van der Waals surface area (Å²) in [6, 6.07) is 3.95. The lowest BCUT2D eigenvalue weighted by Crippen LogP contribution is -2.15. The summed E-state index contributed by atoms with van der Waals surface area (Å²) in [4.78, 5) is 4.25. The summed E-state index contributed by atoms with van der Waals surface area (Å²) in [6.45, 7) is 1.99. The van der Waals surface area contributed by atoms with Crippen LogP contribution >= 0.6 is 0 Å². The molecule has 2 saturated carbocycles. The fourth-order valence-corrected chi connectivity index (χ4v) is 3.23. The van der Waals surface area contributed by atoms with E-state index in [0.717, 1.165) is 11.3 Å². The molecule has 2 heteroatoms. The van der Waals surface area contributed by atoms with E-state index in [1.54, 1.807) is 6.20 Å². The molecule has 1 heterocycles. The number of pyridine rings is 1. The topological polar surface area (TPSA) is 33.1 Å². The molecule has 0 aliphatic heterocycles. The summed E-state index contributed by atoms with van der Waals surface area (Å²) >= 11 is 0. The quantitative estimate of drug-likeness (QED) is 0.733. The number of aliphatic hydroxyl groups is 1. The molecule has 2 fully saturated rings. The smallest absolute Gasteiger partial charge is 0.0977 e. The van der Waals surface area contributed by atoms with E-state index in [9.17, 15) is 5.11 Å². The first-order valence-electron chi connectivity index (χ1n) is 5.39. The standard InChI is InChI=1S/C12H15NO/c1-8-9(6-3-7-13-8)12(14)10-4-2-5-11(10)12/h3,6-7,10-11,14H,2,4-5H2,1H3. The van der Waals surface area contributed by atoms with Gasteiger partial charge in [0.2, 0.25) is 0 Å². The average molecular weight is 189 g/mol. The van der Waals surface area contributed by atoms with Crippen LogP contribution < -0.4 is 0 Å². The van der Waals surface area contributed by atoms with Gasteiger partial charge in [0.1, 0.15) is 0 Å². The lowest BCUT2D eigenvalue weighted by molar-refractivity contribution is 0.104. The van der Waals surface area contributed by atoms with E-state index >= 15 is 0 Å². The Kier molecular flexibility index (Phi) is 1.55. The van der Waals surface area contributed by atoms with E-state index in [2.05, 4.69) is 4.98 Å². The maximum absolute atomic E-state index is 10.5. The number of rotatable bonds is 1. The number of hydrogen-bond donors (Lipinski definition) is 1. The Morgan fingerprint density at radius 3 is 2.79 bits per heavy atom. The molecular formula is C12H15NO. The zero-order valence-corrected chi connectivity index (χ0v) is 8.40. The maximum atomic E-state index is 10.5. The molecule has 0 bridgehead atoms. The molecule has 2 atom stereocenters. The van der Waals surface area contributed by atoms with Crippen LogP contribution in [0.1, 0.15) is 30.5 Å². The highest BCUT2D eigenvalue weighted by molar-refractivity contribution is 5.36. The molecule has 0 radical (unpaired) electrons. The van der Waals surface area contributed by atoms with E-state index in [1.165, 1.54) is 19.3 Å². The average Bonchev–Trinajstić information content (AvgIpc) is 2.63. The van der Waals surface area contributed by atoms with Crippen LogP contribution in [-0.4, -0.2) is 10.1 Å². The van der Waals surface area contributed by atoms with Crippen LogP contribution in [0.3, 0.4) is 0 Å². The van der Waals surface area contributed by atoms with Gasteiger partial charge in [-0.1, -0.05) is 12.5 Å². The van der Waals surface area contributed by atoms with Crippen molar-refractivity contribution in [2.45, 2.75) is 31.8 Å². The first kappa shape index (κ1) is 8.42. The van der Waals surface area contributed by atoms with E-state index in [0.29, 0.717) is 11.8 Å². The number of aromatic nitrogens is 1. The second-order valence-electron chi connectivity index (χ2n) is 4.61. The zero-order valence-electron chi connectivity index (χ0n) is 8.40. The Balaban J connectivity index is 2.01. The van der Waals surface area contributed by atoms with Gasteiger partial charge in [-0.2, -0.15) is 0 Å². The van der Waals surface area contributed by atoms with Crippen molar-refractivity contribution in [3.63, 3.8) is 0 Å². The van der Waals surface area contributed by atoms with Crippen LogP contribution in [0.25, 0.3) is 0 Å². The Bertz CT molecular complexity index is 364. The first-order chi connectivity index (χ1) is 6.74. The van der Waals surface area contributed by atoms with Gasteiger partial charge >= 0.3 is 0 Å². The highest BCUT2D eigenvalue weighted by Crippen LogP contribution is 2.66. The summed E-state index contributed by atoms with van der Waals surface area (Å²) in [5.41, 5.74) is 1.54. The molecule has 2 aliphatic rings. The third kappa shape index (κ3) is 0.871. The minimum Gasteiger partial charge on any atom is -0.384 e. The molecule has 0 spiro atoms. The van der Waals surface area contributed by atoms with Crippen molar-refractivity contribution < 1.29 is 5.11 Å². The van der Waals surface area contributed by atoms with Gasteiger partial charge in [-0.25, -0.2) is 0 Å². The highest BCUT2D eigenvalue weighted by Gasteiger charge is 2.66. The molecule has 1 aromatic rings. The van der Waals surface area contributed by atoms with Crippen molar-refractivity contribution in [1.82, 2.24) is 4.98 Å². The van der Waals surface area contributed by atoms with Gasteiger partial charge in [0, 0.05) is 17.5 Å². The third-order valence-corrected chi connectivity index (χ3v) is 3.98. The van der Waals surface area contributed by atoms with Crippen LogP contribution in [-0.2, 0) is 5.60 Å². The SMILES string of the molecule is Cc1ncccc1C1(O)C2CCCC21.